The molecule has 1 unspecified atom stereocenters. The Morgan fingerprint density at radius 1 is 1.00 bits per heavy atom. The van der Waals surface area contributed by atoms with E-state index >= 15 is 0 Å². The zero-order valence-electron chi connectivity index (χ0n) is 18.9. The summed E-state index contributed by atoms with van der Waals surface area (Å²) in [6.07, 6.45) is 1.73. The molecule has 6 rings (SSSR count). The van der Waals surface area contributed by atoms with Crippen LogP contribution in [0.1, 0.15) is 23.0 Å². The minimum Gasteiger partial charge on any atom is -0.505 e. The first-order chi connectivity index (χ1) is 17.7. The van der Waals surface area contributed by atoms with Gasteiger partial charge in [0.05, 0.1) is 37.6 Å². The smallest absolute Gasteiger partial charge is 0.301 e. The Morgan fingerprint density at radius 3 is 2.59 bits per heavy atom. The lowest BCUT2D eigenvalue weighted by Crippen LogP contribution is -2.29. The van der Waals surface area contributed by atoms with Crippen LogP contribution in [0.3, 0.4) is 0 Å². The second kappa shape index (κ2) is 8.85. The number of aliphatic hydroxyl groups is 1. The molecule has 1 aliphatic heterocycles. The Balaban J connectivity index is 1.62. The number of benzene rings is 2. The minimum absolute atomic E-state index is 0.102. The lowest BCUT2D eigenvalue weighted by Gasteiger charge is -2.23. The number of imidazole rings is 1. The molecule has 2 aromatic carbocycles. The van der Waals surface area contributed by atoms with Crippen molar-refractivity contribution in [2.75, 3.05) is 4.90 Å². The number of anilines is 1. The fraction of sp³-hybridized carbons (Fsp3) is 0.0769. The molecule has 1 fully saturated rings. The number of amides is 1. The van der Waals surface area contributed by atoms with Gasteiger partial charge in [0.1, 0.15) is 11.3 Å². The molecule has 1 N–H and O–H groups in total. The highest BCUT2D eigenvalue weighted by molar-refractivity contribution is 7.22. The van der Waals surface area contributed by atoms with Crippen molar-refractivity contribution in [1.82, 2.24) is 14.4 Å². The van der Waals surface area contributed by atoms with Gasteiger partial charge in [-0.25, -0.2) is 9.97 Å². The molecule has 1 aliphatic rings. The third-order valence-electron chi connectivity index (χ3n) is 6.18. The normalized spacial score (nSPS) is 17.4. The molecule has 37 heavy (non-hydrogen) atoms. The Morgan fingerprint density at radius 2 is 1.81 bits per heavy atom. The third kappa shape index (κ3) is 3.79. The molecule has 3 aromatic heterocycles. The average Bonchev–Trinajstić information content (AvgIpc) is 3.51. The third-order valence-corrected chi connectivity index (χ3v) is 8.17. The SMILES string of the molecule is Cc1nc2ccccn2c1C(O)=C1C(=O)C(=O)N(c2nc3ccc(Cl)cc3s2)C1c1ccc(Cl)c(Cl)c1. The largest absolute Gasteiger partial charge is 0.505 e. The summed E-state index contributed by atoms with van der Waals surface area (Å²) in [5.74, 6) is -2.03. The lowest BCUT2D eigenvalue weighted by molar-refractivity contribution is -0.132. The number of thiazole rings is 1. The van der Waals surface area contributed by atoms with Gasteiger partial charge in [-0.15, -0.1) is 0 Å². The van der Waals surface area contributed by atoms with Gasteiger partial charge >= 0.3 is 5.91 Å². The first kappa shape index (κ1) is 23.9. The average molecular weight is 570 g/mol. The van der Waals surface area contributed by atoms with Crippen molar-refractivity contribution in [3.8, 4) is 0 Å². The number of halogens is 3. The molecule has 184 valence electrons. The van der Waals surface area contributed by atoms with Crippen molar-refractivity contribution in [2.45, 2.75) is 13.0 Å². The van der Waals surface area contributed by atoms with Crippen LogP contribution in [0, 0.1) is 6.92 Å². The minimum atomic E-state index is -1.01. The number of ketones is 1. The van der Waals surface area contributed by atoms with Crippen molar-refractivity contribution in [3.05, 3.63) is 98.4 Å². The first-order valence-corrected chi connectivity index (χ1v) is 13.0. The van der Waals surface area contributed by atoms with Gasteiger partial charge in [0.15, 0.2) is 10.9 Å². The number of pyridine rings is 1. The van der Waals surface area contributed by atoms with Crippen LogP contribution in [0.2, 0.25) is 15.1 Å². The number of rotatable bonds is 3. The van der Waals surface area contributed by atoms with E-state index in [1.807, 2.05) is 6.07 Å². The van der Waals surface area contributed by atoms with Gasteiger partial charge in [0.2, 0.25) is 0 Å². The molecule has 5 aromatic rings. The van der Waals surface area contributed by atoms with E-state index in [-0.39, 0.29) is 21.5 Å². The predicted molar refractivity (Wildman–Crippen MR) is 146 cm³/mol. The number of aryl methyl sites for hydroxylation is 1. The number of hydrogen-bond acceptors (Lipinski definition) is 6. The number of nitrogens with zero attached hydrogens (tertiary/aromatic N) is 4. The van der Waals surface area contributed by atoms with Crippen LogP contribution >= 0.6 is 46.1 Å². The van der Waals surface area contributed by atoms with E-state index in [0.717, 1.165) is 4.70 Å². The van der Waals surface area contributed by atoms with Crippen LogP contribution < -0.4 is 4.90 Å². The lowest BCUT2D eigenvalue weighted by atomic mass is 9.96. The highest BCUT2D eigenvalue weighted by Crippen LogP contribution is 2.45. The Bertz CT molecular complexity index is 1810. The van der Waals surface area contributed by atoms with Crippen molar-refractivity contribution in [3.63, 3.8) is 0 Å². The van der Waals surface area contributed by atoms with E-state index in [9.17, 15) is 14.7 Å². The molecule has 1 atom stereocenters. The molecule has 7 nitrogen and oxygen atoms in total. The molecule has 4 heterocycles. The summed E-state index contributed by atoms with van der Waals surface area (Å²) in [6.45, 7) is 1.73. The second-order valence-corrected chi connectivity index (χ2v) is 10.7. The van der Waals surface area contributed by atoms with Gasteiger partial charge in [-0.3, -0.25) is 18.9 Å². The molecule has 11 heteroatoms. The van der Waals surface area contributed by atoms with Gasteiger partial charge in [0, 0.05) is 11.2 Å². The van der Waals surface area contributed by atoms with E-state index in [4.69, 9.17) is 34.8 Å². The summed E-state index contributed by atoms with van der Waals surface area (Å²) in [5, 5.41) is 13.0. The summed E-state index contributed by atoms with van der Waals surface area (Å²) in [5.41, 5.74) is 2.40. The number of aromatic nitrogens is 3. The number of carbonyl (C=O) groups excluding carboxylic acids is 2. The highest BCUT2D eigenvalue weighted by Gasteiger charge is 2.48. The number of carbonyl (C=O) groups is 2. The van der Waals surface area contributed by atoms with Gasteiger partial charge in [-0.05, 0) is 55.0 Å². The second-order valence-electron chi connectivity index (χ2n) is 8.43. The summed E-state index contributed by atoms with van der Waals surface area (Å²) >= 11 is 19.8. The zero-order valence-corrected chi connectivity index (χ0v) is 22.0. The van der Waals surface area contributed by atoms with Crippen LogP contribution in [-0.4, -0.2) is 31.2 Å². The van der Waals surface area contributed by atoms with E-state index < -0.39 is 17.7 Å². The maximum Gasteiger partial charge on any atom is 0.301 e. The number of fused-ring (bicyclic) bond motifs is 2. The monoisotopic (exact) mass is 568 g/mol. The Kier molecular flexibility index (Phi) is 5.72. The molecule has 0 saturated carbocycles. The molecule has 1 saturated heterocycles. The van der Waals surface area contributed by atoms with Gasteiger partial charge in [0.25, 0.3) is 5.78 Å². The van der Waals surface area contributed by atoms with E-state index in [2.05, 4.69) is 9.97 Å². The van der Waals surface area contributed by atoms with E-state index in [1.54, 1.807) is 66.1 Å². The van der Waals surface area contributed by atoms with E-state index in [0.29, 0.717) is 38.2 Å². The molecule has 0 aliphatic carbocycles. The Labute approximate surface area is 229 Å². The van der Waals surface area contributed by atoms with Crippen molar-refractivity contribution in [1.29, 1.82) is 0 Å². The fourth-order valence-corrected chi connectivity index (χ4v) is 6.12. The molecule has 0 bridgehead atoms. The van der Waals surface area contributed by atoms with Gasteiger partial charge < -0.3 is 5.11 Å². The van der Waals surface area contributed by atoms with Crippen LogP contribution in [0.25, 0.3) is 21.6 Å². The van der Waals surface area contributed by atoms with Crippen LogP contribution in [0.5, 0.6) is 0 Å². The van der Waals surface area contributed by atoms with E-state index in [1.165, 1.54) is 16.2 Å². The van der Waals surface area contributed by atoms with Crippen molar-refractivity contribution in [2.24, 2.45) is 0 Å². The predicted octanol–water partition coefficient (Wildman–Crippen LogP) is 6.84. The number of Topliss-reactive ketones (excluding diaryl/α,β-unsaturated/α-hetero) is 1. The first-order valence-electron chi connectivity index (χ1n) is 11.0. The molecule has 1 amide bonds. The van der Waals surface area contributed by atoms with Crippen molar-refractivity contribution >= 4 is 84.6 Å². The summed E-state index contributed by atoms with van der Waals surface area (Å²) in [7, 11) is 0. The van der Waals surface area contributed by atoms with Crippen LogP contribution in [0.4, 0.5) is 5.13 Å². The quantitative estimate of drug-likeness (QED) is 0.146. The maximum absolute atomic E-state index is 13.5. The fourth-order valence-electron chi connectivity index (χ4n) is 4.54. The molecule has 0 radical (unpaired) electrons. The van der Waals surface area contributed by atoms with Gasteiger partial charge in [-0.1, -0.05) is 58.3 Å². The highest BCUT2D eigenvalue weighted by atomic mass is 35.5. The summed E-state index contributed by atoms with van der Waals surface area (Å²) < 4.78 is 2.42. The summed E-state index contributed by atoms with van der Waals surface area (Å²) in [4.78, 5) is 37.4. The topological polar surface area (TPSA) is 87.8 Å². The molecule has 0 spiro atoms. The maximum atomic E-state index is 13.5. The Hall–Kier alpha value is -3.43. The molecular weight excluding hydrogens is 555 g/mol. The zero-order chi connectivity index (χ0) is 26.0. The molecular formula is C26H15Cl3N4O3S. The standard InChI is InChI=1S/C26H15Cl3N4O3S/c1-12-21(32-9-3-2-4-19(32)30-12)23(34)20-22(13-5-7-15(28)16(29)10-13)33(25(36)24(20)35)26-31-17-8-6-14(27)11-18(17)37-26/h2-11,22,34H,1H3. The van der Waals surface area contributed by atoms with Crippen LogP contribution in [-0.2, 0) is 9.59 Å². The number of aliphatic hydroxyl groups excluding tert-OH is 1. The van der Waals surface area contributed by atoms with Crippen molar-refractivity contribution < 1.29 is 14.7 Å². The van der Waals surface area contributed by atoms with Crippen LogP contribution in [0.15, 0.2) is 66.4 Å². The summed E-state index contributed by atoms with van der Waals surface area (Å²) in [6, 6.07) is 14.4. The number of hydrogen-bond donors (Lipinski definition) is 1. The van der Waals surface area contributed by atoms with Gasteiger partial charge in [-0.2, -0.15) is 0 Å².